The molecule has 0 fully saturated rings. The largest absolute Gasteiger partial charge is 0.480 e. The molecular formula is C15H12Br2FNO2. The van der Waals surface area contributed by atoms with Crippen molar-refractivity contribution < 1.29 is 13.9 Å². The molecule has 110 valence electrons. The SMILES string of the molecule is CC(Oc1ccc(Br)cc1Br)C(=O)Nc1cccc(F)c1. The van der Waals surface area contributed by atoms with E-state index >= 15 is 0 Å². The maximum Gasteiger partial charge on any atom is 0.265 e. The van der Waals surface area contributed by atoms with Gasteiger partial charge in [-0.1, -0.05) is 22.0 Å². The molecule has 0 spiro atoms. The molecule has 0 aliphatic carbocycles. The van der Waals surface area contributed by atoms with Crippen molar-refractivity contribution in [3.8, 4) is 5.75 Å². The number of benzene rings is 2. The molecule has 0 heterocycles. The van der Waals surface area contributed by atoms with Crippen molar-refractivity contribution in [1.82, 2.24) is 0 Å². The first-order valence-corrected chi connectivity index (χ1v) is 7.72. The first kappa shape index (κ1) is 16.0. The molecular weight excluding hydrogens is 405 g/mol. The van der Waals surface area contributed by atoms with Gasteiger partial charge in [0, 0.05) is 10.2 Å². The quantitative estimate of drug-likeness (QED) is 0.780. The van der Waals surface area contributed by atoms with Crippen LogP contribution in [0.1, 0.15) is 6.92 Å². The van der Waals surface area contributed by atoms with Gasteiger partial charge in [-0.2, -0.15) is 0 Å². The third-order valence-electron chi connectivity index (χ3n) is 2.66. The van der Waals surface area contributed by atoms with Crippen LogP contribution in [0.4, 0.5) is 10.1 Å². The number of hydrogen-bond donors (Lipinski definition) is 1. The molecule has 2 aromatic rings. The minimum atomic E-state index is -0.717. The Kier molecular flexibility index (Phi) is 5.36. The molecule has 1 unspecified atom stereocenters. The second kappa shape index (κ2) is 7.04. The number of amides is 1. The van der Waals surface area contributed by atoms with E-state index in [4.69, 9.17) is 4.74 Å². The lowest BCUT2D eigenvalue weighted by Crippen LogP contribution is -2.30. The summed E-state index contributed by atoms with van der Waals surface area (Å²) >= 11 is 6.71. The van der Waals surface area contributed by atoms with Gasteiger partial charge >= 0.3 is 0 Å². The average Bonchev–Trinajstić information content (AvgIpc) is 2.41. The summed E-state index contributed by atoms with van der Waals surface area (Å²) in [5.74, 6) is -0.201. The monoisotopic (exact) mass is 415 g/mol. The smallest absolute Gasteiger partial charge is 0.265 e. The molecule has 0 aliphatic rings. The third kappa shape index (κ3) is 4.54. The van der Waals surface area contributed by atoms with Crippen LogP contribution >= 0.6 is 31.9 Å². The lowest BCUT2D eigenvalue weighted by Gasteiger charge is -2.16. The molecule has 2 aromatic carbocycles. The number of ether oxygens (including phenoxy) is 1. The second-order valence-electron chi connectivity index (χ2n) is 4.33. The lowest BCUT2D eigenvalue weighted by atomic mass is 10.3. The van der Waals surface area contributed by atoms with Gasteiger partial charge in [0.15, 0.2) is 6.10 Å². The first-order valence-electron chi connectivity index (χ1n) is 6.14. The number of anilines is 1. The third-order valence-corrected chi connectivity index (χ3v) is 3.77. The van der Waals surface area contributed by atoms with Crippen LogP contribution in [0.5, 0.6) is 5.75 Å². The maximum atomic E-state index is 13.1. The minimum Gasteiger partial charge on any atom is -0.480 e. The zero-order valence-electron chi connectivity index (χ0n) is 11.1. The summed E-state index contributed by atoms with van der Waals surface area (Å²) in [6.07, 6.45) is -0.717. The molecule has 3 nitrogen and oxygen atoms in total. The van der Waals surface area contributed by atoms with Crippen molar-refractivity contribution in [2.24, 2.45) is 0 Å². The molecule has 21 heavy (non-hydrogen) atoms. The summed E-state index contributed by atoms with van der Waals surface area (Å²) in [4.78, 5) is 12.0. The van der Waals surface area contributed by atoms with Crippen molar-refractivity contribution in [1.29, 1.82) is 0 Å². The van der Waals surface area contributed by atoms with Crippen LogP contribution in [0.15, 0.2) is 51.4 Å². The summed E-state index contributed by atoms with van der Waals surface area (Å²) in [5.41, 5.74) is 0.394. The predicted molar refractivity (Wildman–Crippen MR) is 87.0 cm³/mol. The van der Waals surface area contributed by atoms with E-state index in [0.29, 0.717) is 11.4 Å². The maximum absolute atomic E-state index is 13.1. The van der Waals surface area contributed by atoms with E-state index in [1.807, 2.05) is 12.1 Å². The van der Waals surface area contributed by atoms with Crippen LogP contribution < -0.4 is 10.1 Å². The van der Waals surface area contributed by atoms with Crippen molar-refractivity contribution in [3.05, 3.63) is 57.2 Å². The first-order chi connectivity index (χ1) is 9.95. The molecule has 1 amide bonds. The van der Waals surface area contributed by atoms with E-state index in [1.54, 1.807) is 19.1 Å². The van der Waals surface area contributed by atoms with Gasteiger partial charge < -0.3 is 10.1 Å². The molecule has 0 radical (unpaired) electrons. The Balaban J connectivity index is 2.02. The average molecular weight is 417 g/mol. The van der Waals surface area contributed by atoms with E-state index in [9.17, 15) is 9.18 Å². The van der Waals surface area contributed by atoms with Gasteiger partial charge in [-0.3, -0.25) is 4.79 Å². The van der Waals surface area contributed by atoms with Gasteiger partial charge in [0.2, 0.25) is 0 Å². The Morgan fingerprint density at radius 1 is 1.24 bits per heavy atom. The number of carbonyl (C=O) groups excluding carboxylic acids is 1. The van der Waals surface area contributed by atoms with Crippen LogP contribution in [0.3, 0.4) is 0 Å². The highest BCUT2D eigenvalue weighted by Gasteiger charge is 2.16. The molecule has 0 saturated heterocycles. The molecule has 0 bridgehead atoms. The van der Waals surface area contributed by atoms with Gasteiger partial charge in [-0.15, -0.1) is 0 Å². The summed E-state index contributed by atoms with van der Waals surface area (Å²) in [5, 5.41) is 2.61. The summed E-state index contributed by atoms with van der Waals surface area (Å²) < 4.78 is 20.3. The molecule has 1 N–H and O–H groups in total. The lowest BCUT2D eigenvalue weighted by molar-refractivity contribution is -0.122. The Labute approximate surface area is 138 Å². The van der Waals surface area contributed by atoms with Gasteiger partial charge in [-0.05, 0) is 59.3 Å². The van der Waals surface area contributed by atoms with Gasteiger partial charge in [0.25, 0.3) is 5.91 Å². The Hall–Kier alpha value is -1.40. The normalized spacial score (nSPS) is 11.8. The number of carbonyl (C=O) groups is 1. The Morgan fingerprint density at radius 2 is 2.00 bits per heavy atom. The summed E-state index contributed by atoms with van der Waals surface area (Å²) in [6.45, 7) is 1.63. The summed E-state index contributed by atoms with van der Waals surface area (Å²) in [6, 6.07) is 11.1. The van der Waals surface area contributed by atoms with E-state index in [0.717, 1.165) is 8.95 Å². The van der Waals surface area contributed by atoms with E-state index < -0.39 is 11.9 Å². The van der Waals surface area contributed by atoms with Crippen molar-refractivity contribution in [2.45, 2.75) is 13.0 Å². The van der Waals surface area contributed by atoms with Crippen molar-refractivity contribution >= 4 is 43.5 Å². The minimum absolute atomic E-state index is 0.351. The number of nitrogens with one attached hydrogen (secondary N) is 1. The van der Waals surface area contributed by atoms with Gasteiger partial charge in [0.1, 0.15) is 11.6 Å². The van der Waals surface area contributed by atoms with Crippen LogP contribution in [-0.4, -0.2) is 12.0 Å². The highest BCUT2D eigenvalue weighted by Crippen LogP contribution is 2.29. The standard InChI is InChI=1S/C15H12Br2FNO2/c1-9(21-14-6-5-10(16)7-13(14)17)15(20)19-12-4-2-3-11(18)8-12/h2-9H,1H3,(H,19,20). The molecule has 0 saturated carbocycles. The predicted octanol–water partition coefficient (Wildman–Crippen LogP) is 4.76. The van der Waals surface area contributed by atoms with Crippen LogP contribution in [0.2, 0.25) is 0 Å². The number of hydrogen-bond acceptors (Lipinski definition) is 2. The Morgan fingerprint density at radius 3 is 2.67 bits per heavy atom. The molecule has 0 aromatic heterocycles. The van der Waals surface area contributed by atoms with Crippen LogP contribution in [0, 0.1) is 5.82 Å². The fourth-order valence-electron chi connectivity index (χ4n) is 1.62. The topological polar surface area (TPSA) is 38.3 Å². The molecule has 2 rings (SSSR count). The van der Waals surface area contributed by atoms with Gasteiger partial charge in [0.05, 0.1) is 4.47 Å². The van der Waals surface area contributed by atoms with Crippen molar-refractivity contribution in [3.63, 3.8) is 0 Å². The zero-order chi connectivity index (χ0) is 15.4. The number of halogens is 3. The highest BCUT2D eigenvalue weighted by molar-refractivity contribution is 9.11. The molecule has 6 heteroatoms. The number of rotatable bonds is 4. The molecule has 0 aliphatic heterocycles. The van der Waals surface area contributed by atoms with Crippen LogP contribution in [0.25, 0.3) is 0 Å². The summed E-state index contributed by atoms with van der Waals surface area (Å²) in [7, 11) is 0. The fourth-order valence-corrected chi connectivity index (χ4v) is 2.77. The van der Waals surface area contributed by atoms with Gasteiger partial charge in [-0.25, -0.2) is 4.39 Å². The fraction of sp³-hybridized carbons (Fsp3) is 0.133. The molecule has 1 atom stereocenters. The van der Waals surface area contributed by atoms with E-state index in [1.165, 1.54) is 18.2 Å². The van der Waals surface area contributed by atoms with E-state index in [-0.39, 0.29) is 5.91 Å². The van der Waals surface area contributed by atoms with E-state index in [2.05, 4.69) is 37.2 Å². The van der Waals surface area contributed by atoms with Crippen molar-refractivity contribution in [2.75, 3.05) is 5.32 Å². The highest BCUT2D eigenvalue weighted by atomic mass is 79.9. The zero-order valence-corrected chi connectivity index (χ0v) is 14.2. The second-order valence-corrected chi connectivity index (χ2v) is 6.10. The Bertz CT molecular complexity index is 664. The van der Waals surface area contributed by atoms with Crippen LogP contribution in [-0.2, 0) is 4.79 Å².